The van der Waals surface area contributed by atoms with Gasteiger partial charge in [-0.3, -0.25) is 5.43 Å². The van der Waals surface area contributed by atoms with E-state index in [2.05, 4.69) is 47.5 Å². The van der Waals surface area contributed by atoms with E-state index in [1.807, 2.05) is 13.0 Å². The molecular formula is C29H33N3O3S. The van der Waals surface area contributed by atoms with Crippen LogP contribution in [0.15, 0.2) is 46.1 Å². The van der Waals surface area contributed by atoms with Gasteiger partial charge in [0.05, 0.1) is 11.8 Å². The summed E-state index contributed by atoms with van der Waals surface area (Å²) in [7, 11) is 0. The molecule has 0 saturated heterocycles. The molecule has 2 fully saturated rings. The number of thiocarbonyl (C=S) groups is 1. The van der Waals surface area contributed by atoms with Crippen molar-refractivity contribution in [3.8, 4) is 23.3 Å². The second-order valence-corrected chi connectivity index (χ2v) is 11.4. The molecule has 4 aliphatic carbocycles. The maximum atomic E-state index is 11.5. The summed E-state index contributed by atoms with van der Waals surface area (Å²) in [4.78, 5) is 0. The van der Waals surface area contributed by atoms with Gasteiger partial charge < -0.3 is 20.3 Å². The van der Waals surface area contributed by atoms with Gasteiger partial charge >= 0.3 is 0 Å². The third kappa shape index (κ3) is 3.74. The van der Waals surface area contributed by atoms with E-state index >= 15 is 0 Å². The van der Waals surface area contributed by atoms with Gasteiger partial charge in [0, 0.05) is 11.8 Å². The Labute approximate surface area is 218 Å². The highest BCUT2D eigenvalue weighted by atomic mass is 32.1. The molecule has 1 heterocycles. The first-order chi connectivity index (χ1) is 17.4. The summed E-state index contributed by atoms with van der Waals surface area (Å²) in [5.74, 6) is 9.18. The summed E-state index contributed by atoms with van der Waals surface area (Å²) < 4.78 is 11.4. The second-order valence-electron chi connectivity index (χ2n) is 11.0. The zero-order valence-electron chi connectivity index (χ0n) is 20.8. The topological polar surface area (TPSA) is 89.1 Å². The number of rotatable bonds is 2. The van der Waals surface area contributed by atoms with E-state index in [1.54, 1.807) is 5.57 Å². The number of hydrazone groups is 1. The van der Waals surface area contributed by atoms with Gasteiger partial charge in [-0.2, -0.15) is 5.10 Å². The zero-order valence-corrected chi connectivity index (χ0v) is 21.7. The zero-order chi connectivity index (χ0) is 25.0. The van der Waals surface area contributed by atoms with Gasteiger partial charge in [-0.05, 0) is 110 Å². The summed E-state index contributed by atoms with van der Waals surface area (Å²) in [5.41, 5.74) is 14.9. The van der Waals surface area contributed by atoms with Crippen molar-refractivity contribution in [3.05, 3.63) is 46.6 Å². The Hall–Kier alpha value is -2.82. The number of nitrogens with one attached hydrogen (secondary N) is 1. The predicted octanol–water partition coefficient (Wildman–Crippen LogP) is 4.55. The SMILES string of the molecule is CC#CC1C[C@H]2[C@@H]3CCC4=CC(=NNC(N)=S)CCC4=C3[C@@H](c3ccc4c(c3)OCO4)C[C@]2(C)[C@H]1O. The summed E-state index contributed by atoms with van der Waals surface area (Å²) in [6, 6.07) is 6.39. The van der Waals surface area contributed by atoms with Crippen molar-refractivity contribution in [3.63, 3.8) is 0 Å². The molecule has 6 atom stereocenters. The monoisotopic (exact) mass is 503 g/mol. The van der Waals surface area contributed by atoms with Gasteiger partial charge in [0.25, 0.3) is 0 Å². The number of aliphatic hydroxyl groups is 1. The Balaban J connectivity index is 1.46. The van der Waals surface area contributed by atoms with Crippen molar-refractivity contribution in [2.45, 2.75) is 64.4 Å². The van der Waals surface area contributed by atoms with Crippen LogP contribution in [-0.2, 0) is 0 Å². The lowest BCUT2D eigenvalue weighted by Gasteiger charge is -2.52. The molecule has 2 saturated carbocycles. The Morgan fingerprint density at radius 3 is 2.89 bits per heavy atom. The van der Waals surface area contributed by atoms with Gasteiger partial charge in [0.1, 0.15) is 0 Å². The molecule has 0 spiro atoms. The molecule has 6 nitrogen and oxygen atoms in total. The van der Waals surface area contributed by atoms with Crippen molar-refractivity contribution in [2.75, 3.05) is 6.79 Å². The summed E-state index contributed by atoms with van der Waals surface area (Å²) >= 11 is 4.93. The number of nitrogens with zero attached hydrogens (tertiary/aromatic N) is 1. The molecule has 1 aromatic carbocycles. The molecule has 6 rings (SSSR count). The normalized spacial score (nSPS) is 35.2. The van der Waals surface area contributed by atoms with E-state index in [4.69, 9.17) is 27.4 Å². The van der Waals surface area contributed by atoms with E-state index in [0.717, 1.165) is 55.7 Å². The molecule has 0 radical (unpaired) electrons. The van der Waals surface area contributed by atoms with E-state index in [1.165, 1.54) is 16.7 Å². The van der Waals surface area contributed by atoms with Crippen LogP contribution in [0.4, 0.5) is 0 Å². The number of fused-ring (bicyclic) bond motifs is 5. The fraction of sp³-hybridized carbons (Fsp3) is 0.517. The van der Waals surface area contributed by atoms with Gasteiger partial charge in [-0.25, -0.2) is 0 Å². The van der Waals surface area contributed by atoms with Crippen molar-refractivity contribution in [1.29, 1.82) is 0 Å². The molecule has 0 amide bonds. The number of aliphatic hydroxyl groups excluding tert-OH is 1. The summed E-state index contributed by atoms with van der Waals surface area (Å²) in [5, 5.41) is 16.1. The largest absolute Gasteiger partial charge is 0.454 e. The molecule has 1 unspecified atom stereocenters. The smallest absolute Gasteiger partial charge is 0.231 e. The third-order valence-corrected chi connectivity index (χ3v) is 9.28. The Bertz CT molecular complexity index is 1270. The van der Waals surface area contributed by atoms with Crippen LogP contribution in [0.3, 0.4) is 0 Å². The number of hydrogen-bond acceptors (Lipinski definition) is 5. The van der Waals surface area contributed by atoms with Crippen molar-refractivity contribution >= 4 is 23.0 Å². The fourth-order valence-corrected chi connectivity index (χ4v) is 7.71. The van der Waals surface area contributed by atoms with Crippen LogP contribution in [-0.4, -0.2) is 28.8 Å². The van der Waals surface area contributed by atoms with E-state index < -0.39 is 6.10 Å². The minimum atomic E-state index is -0.411. The fourth-order valence-electron chi connectivity index (χ4n) is 7.67. The number of benzene rings is 1. The molecule has 1 aromatic rings. The lowest BCUT2D eigenvalue weighted by molar-refractivity contribution is -0.0102. The summed E-state index contributed by atoms with van der Waals surface area (Å²) in [6.45, 7) is 4.45. The maximum absolute atomic E-state index is 11.5. The Morgan fingerprint density at radius 1 is 1.25 bits per heavy atom. The van der Waals surface area contributed by atoms with Gasteiger partial charge in [0.2, 0.25) is 6.79 Å². The molecule has 188 valence electrons. The Morgan fingerprint density at radius 2 is 2.08 bits per heavy atom. The van der Waals surface area contributed by atoms with Crippen LogP contribution in [0, 0.1) is 35.0 Å². The lowest BCUT2D eigenvalue weighted by atomic mass is 9.53. The van der Waals surface area contributed by atoms with E-state index in [9.17, 15) is 5.11 Å². The molecular weight excluding hydrogens is 470 g/mol. The van der Waals surface area contributed by atoms with Crippen LogP contribution in [0.5, 0.6) is 11.5 Å². The highest BCUT2D eigenvalue weighted by Crippen LogP contribution is 2.65. The number of ether oxygens (including phenoxy) is 2. The van der Waals surface area contributed by atoms with E-state index in [0.29, 0.717) is 11.8 Å². The summed E-state index contributed by atoms with van der Waals surface area (Å²) in [6.07, 6.45) is 7.62. The highest BCUT2D eigenvalue weighted by molar-refractivity contribution is 7.80. The van der Waals surface area contributed by atoms with E-state index in [-0.39, 0.29) is 29.2 Å². The van der Waals surface area contributed by atoms with Crippen LogP contribution < -0.4 is 20.6 Å². The van der Waals surface area contributed by atoms with Crippen molar-refractivity contribution in [2.24, 2.45) is 34.0 Å². The first-order valence-electron chi connectivity index (χ1n) is 12.9. The minimum Gasteiger partial charge on any atom is -0.454 e. The molecule has 1 aliphatic heterocycles. The number of hydrogen-bond donors (Lipinski definition) is 3. The first-order valence-corrected chi connectivity index (χ1v) is 13.4. The first kappa shape index (κ1) is 23.6. The van der Waals surface area contributed by atoms with Crippen LogP contribution in [0.1, 0.15) is 63.9 Å². The van der Waals surface area contributed by atoms with Crippen molar-refractivity contribution in [1.82, 2.24) is 5.43 Å². The molecule has 7 heteroatoms. The molecule has 0 bridgehead atoms. The minimum absolute atomic E-state index is 0.0416. The van der Waals surface area contributed by atoms with Gasteiger partial charge in [-0.15, -0.1) is 5.92 Å². The van der Waals surface area contributed by atoms with Crippen LogP contribution in [0.2, 0.25) is 0 Å². The Kier molecular flexibility index (Phi) is 5.85. The number of nitrogens with two attached hydrogens (primary N) is 1. The molecule has 4 N–H and O–H groups in total. The van der Waals surface area contributed by atoms with Crippen LogP contribution >= 0.6 is 12.2 Å². The van der Waals surface area contributed by atoms with Gasteiger partial charge in [-0.1, -0.05) is 24.5 Å². The molecule has 36 heavy (non-hydrogen) atoms. The standard InChI is InChI=1S/C29H33N3O3S/c1-3-4-18-12-23-21-8-5-16-11-19(31-32-28(30)36)7-9-20(16)26(21)22(14-29(23,2)27(18)33)17-6-10-24-25(13-17)35-15-34-24/h6,10-11,13,18,21-23,27,33H,5,7-9,12,14-15H2,1-2H3,(H3,30,32,36)/t18?,21-,22+,23-,27-,29-/m0/s1. The maximum Gasteiger partial charge on any atom is 0.231 e. The lowest BCUT2D eigenvalue weighted by Crippen LogP contribution is -2.45. The van der Waals surface area contributed by atoms with Gasteiger partial charge in [0.15, 0.2) is 16.6 Å². The van der Waals surface area contributed by atoms with Crippen LogP contribution in [0.25, 0.3) is 0 Å². The average Bonchev–Trinajstić information content (AvgIpc) is 3.44. The number of allylic oxidation sites excluding steroid dienone is 4. The third-order valence-electron chi connectivity index (χ3n) is 9.19. The second kappa shape index (κ2) is 8.93. The molecule has 5 aliphatic rings. The highest BCUT2D eigenvalue weighted by Gasteiger charge is 2.59. The van der Waals surface area contributed by atoms with Crippen molar-refractivity contribution < 1.29 is 14.6 Å². The average molecular weight is 504 g/mol. The molecule has 0 aromatic heterocycles. The quantitative estimate of drug-likeness (QED) is 0.312. The predicted molar refractivity (Wildman–Crippen MR) is 144 cm³/mol.